The Bertz CT molecular complexity index is 839. The molecule has 1 amide bonds. The zero-order valence-electron chi connectivity index (χ0n) is 17.8. The smallest absolute Gasteiger partial charge is 0.273 e. The van der Waals surface area contributed by atoms with Gasteiger partial charge < -0.3 is 20.1 Å². The Hall–Kier alpha value is -1.49. The predicted molar refractivity (Wildman–Crippen MR) is 113 cm³/mol. The number of fused-ring (bicyclic) bond motifs is 2. The number of nitrogens with one attached hydrogen (secondary N) is 2. The molecule has 0 radical (unpaired) electrons. The van der Waals surface area contributed by atoms with E-state index in [-0.39, 0.29) is 29.8 Å². The summed E-state index contributed by atoms with van der Waals surface area (Å²) in [4.78, 5) is 14.6. The van der Waals surface area contributed by atoms with Crippen molar-refractivity contribution in [1.82, 2.24) is 25.0 Å². The van der Waals surface area contributed by atoms with E-state index in [1.54, 1.807) is 10.4 Å². The van der Waals surface area contributed by atoms with Gasteiger partial charge in [0, 0.05) is 49.7 Å². The molecule has 3 fully saturated rings. The van der Waals surface area contributed by atoms with E-state index < -0.39 is 10.0 Å². The zero-order valence-corrected chi connectivity index (χ0v) is 18.7. The molecule has 10 heteroatoms. The quantitative estimate of drug-likeness (QED) is 0.554. The number of carbonyl (C=O) groups excluding carboxylic acids is 1. The summed E-state index contributed by atoms with van der Waals surface area (Å²) in [5, 5.41) is 10.0. The fourth-order valence-corrected chi connectivity index (χ4v) is 6.76. The molecule has 9 nitrogen and oxygen atoms in total. The topological polar surface area (TPSA) is 108 Å². The van der Waals surface area contributed by atoms with Crippen LogP contribution in [0.3, 0.4) is 0 Å². The lowest BCUT2D eigenvalue weighted by Gasteiger charge is -2.38. The van der Waals surface area contributed by atoms with Crippen molar-refractivity contribution in [2.75, 3.05) is 39.5 Å². The van der Waals surface area contributed by atoms with Crippen molar-refractivity contribution in [1.29, 1.82) is 0 Å². The Morgan fingerprint density at radius 2 is 1.93 bits per heavy atom. The first-order valence-corrected chi connectivity index (χ1v) is 12.6. The van der Waals surface area contributed by atoms with Crippen LogP contribution in [0.2, 0.25) is 0 Å². The third kappa shape index (κ3) is 4.87. The minimum absolute atomic E-state index is 0.0269. The van der Waals surface area contributed by atoms with Crippen LogP contribution in [0, 0.1) is 0 Å². The van der Waals surface area contributed by atoms with Gasteiger partial charge in [-0.25, -0.2) is 8.42 Å². The van der Waals surface area contributed by atoms with Crippen LogP contribution >= 0.6 is 0 Å². The van der Waals surface area contributed by atoms with E-state index in [2.05, 4.69) is 15.8 Å². The van der Waals surface area contributed by atoms with E-state index in [1.165, 1.54) is 0 Å². The highest BCUT2D eigenvalue weighted by Gasteiger charge is 2.46. The number of likely N-dealkylation sites (N-methyl/N-ethyl adjacent to an activating group) is 2. The van der Waals surface area contributed by atoms with Crippen LogP contribution in [0.25, 0.3) is 0 Å². The summed E-state index contributed by atoms with van der Waals surface area (Å²) in [5.41, 5.74) is 0.323. The van der Waals surface area contributed by atoms with Crippen LogP contribution in [0.1, 0.15) is 60.7 Å². The number of aromatic nitrogens is 1. The summed E-state index contributed by atoms with van der Waals surface area (Å²) in [7, 11) is 0.524. The summed E-state index contributed by atoms with van der Waals surface area (Å²) in [6.07, 6.45) is 5.23. The lowest BCUT2D eigenvalue weighted by atomic mass is 9.99. The second-order valence-corrected chi connectivity index (χ2v) is 11.0. The first-order valence-electron chi connectivity index (χ1n) is 11.0. The van der Waals surface area contributed by atoms with Gasteiger partial charge in [0.2, 0.25) is 10.0 Å². The minimum Gasteiger partial charge on any atom is -0.360 e. The maximum atomic E-state index is 13.0. The average molecular weight is 440 g/mol. The first-order chi connectivity index (χ1) is 14.4. The van der Waals surface area contributed by atoms with E-state index in [0.29, 0.717) is 31.0 Å². The van der Waals surface area contributed by atoms with Gasteiger partial charge in [0.1, 0.15) is 5.76 Å². The van der Waals surface area contributed by atoms with Crippen molar-refractivity contribution < 1.29 is 17.7 Å². The SMILES string of the molecule is CNCCN(C)CCS(=O)(=O)N1[C@@H]2CC[C@H]1CC(NC(=O)c1cc(C3CC3)on1)C2. The second-order valence-electron chi connectivity index (χ2n) is 8.97. The van der Waals surface area contributed by atoms with Crippen molar-refractivity contribution in [2.45, 2.75) is 62.6 Å². The molecule has 1 aromatic rings. The highest BCUT2D eigenvalue weighted by molar-refractivity contribution is 7.89. The monoisotopic (exact) mass is 439 g/mol. The van der Waals surface area contributed by atoms with E-state index >= 15 is 0 Å². The van der Waals surface area contributed by atoms with Gasteiger partial charge in [-0.3, -0.25) is 4.79 Å². The minimum atomic E-state index is -3.31. The number of piperidine rings is 1. The molecular weight excluding hydrogens is 406 g/mol. The summed E-state index contributed by atoms with van der Waals surface area (Å²) < 4.78 is 33.1. The third-order valence-corrected chi connectivity index (χ3v) is 8.47. The fraction of sp³-hybridized carbons (Fsp3) is 0.800. The number of hydrogen-bond acceptors (Lipinski definition) is 7. The van der Waals surface area contributed by atoms with Gasteiger partial charge in [-0.05, 0) is 52.6 Å². The molecule has 0 aromatic carbocycles. The van der Waals surface area contributed by atoms with Crippen molar-refractivity contribution in [3.63, 3.8) is 0 Å². The van der Waals surface area contributed by atoms with Crippen molar-refractivity contribution in [3.05, 3.63) is 17.5 Å². The van der Waals surface area contributed by atoms with Gasteiger partial charge in [0.25, 0.3) is 5.91 Å². The Morgan fingerprint density at radius 3 is 2.57 bits per heavy atom. The van der Waals surface area contributed by atoms with Crippen molar-refractivity contribution >= 4 is 15.9 Å². The maximum Gasteiger partial charge on any atom is 0.273 e. The summed E-state index contributed by atoms with van der Waals surface area (Å²) >= 11 is 0. The van der Waals surface area contributed by atoms with E-state index in [9.17, 15) is 13.2 Å². The molecule has 2 saturated heterocycles. The molecule has 2 N–H and O–H groups in total. The van der Waals surface area contributed by atoms with Gasteiger partial charge in [-0.2, -0.15) is 4.31 Å². The lowest BCUT2D eigenvalue weighted by molar-refractivity contribution is 0.0900. The van der Waals surface area contributed by atoms with Crippen molar-refractivity contribution in [2.24, 2.45) is 0 Å². The lowest BCUT2D eigenvalue weighted by Crippen LogP contribution is -2.53. The van der Waals surface area contributed by atoms with Crippen molar-refractivity contribution in [3.8, 4) is 0 Å². The number of nitrogens with zero attached hydrogens (tertiary/aromatic N) is 3. The largest absolute Gasteiger partial charge is 0.360 e. The van der Waals surface area contributed by atoms with Crippen LogP contribution in [0.15, 0.2) is 10.6 Å². The standard InChI is InChI=1S/C20H33N5O4S/c1-21-7-8-24(2)9-10-30(27,28)25-16-5-6-17(25)12-15(11-16)22-20(26)18-13-19(29-23-18)14-3-4-14/h13-17,21H,3-12H2,1-2H3,(H,22,26)/t15?,16-,17+. The van der Waals surface area contributed by atoms with E-state index in [0.717, 1.165) is 44.5 Å². The molecule has 3 atom stereocenters. The van der Waals surface area contributed by atoms with E-state index in [1.807, 2.05) is 19.0 Å². The number of sulfonamides is 1. The number of rotatable bonds is 10. The highest BCUT2D eigenvalue weighted by atomic mass is 32.2. The molecule has 4 rings (SSSR count). The average Bonchev–Trinajstić information content (AvgIpc) is 3.37. The molecule has 30 heavy (non-hydrogen) atoms. The van der Waals surface area contributed by atoms with Gasteiger partial charge in [0.05, 0.1) is 5.75 Å². The fourth-order valence-electron chi connectivity index (χ4n) is 4.71. The maximum absolute atomic E-state index is 13.0. The summed E-state index contributed by atoms with van der Waals surface area (Å²) in [6, 6.07) is 1.66. The number of hydrogen-bond donors (Lipinski definition) is 2. The molecule has 1 unspecified atom stereocenters. The molecule has 0 spiro atoms. The highest BCUT2D eigenvalue weighted by Crippen LogP contribution is 2.40. The van der Waals surface area contributed by atoms with Crippen LogP contribution < -0.4 is 10.6 Å². The molecular formula is C20H33N5O4S. The number of amides is 1. The Labute approximate surface area is 178 Å². The third-order valence-electron chi connectivity index (χ3n) is 6.54. The molecule has 3 aliphatic rings. The molecule has 168 valence electrons. The first kappa shape index (κ1) is 21.7. The molecule has 1 aliphatic carbocycles. The predicted octanol–water partition coefficient (Wildman–Crippen LogP) is 0.758. The van der Waals surface area contributed by atoms with Crippen LogP contribution in [0.4, 0.5) is 0 Å². The van der Waals surface area contributed by atoms with E-state index in [4.69, 9.17) is 4.52 Å². The summed E-state index contributed by atoms with van der Waals surface area (Å²) in [5.74, 6) is 1.12. The molecule has 3 heterocycles. The molecule has 2 aliphatic heterocycles. The number of carbonyl (C=O) groups is 1. The molecule has 2 bridgehead atoms. The Kier molecular flexibility index (Phi) is 6.47. The Morgan fingerprint density at radius 1 is 1.23 bits per heavy atom. The van der Waals surface area contributed by atoms with Gasteiger partial charge in [0.15, 0.2) is 5.69 Å². The normalized spacial score (nSPS) is 27.0. The van der Waals surface area contributed by atoms with Crippen LogP contribution in [-0.2, 0) is 10.0 Å². The molecule has 1 aromatic heterocycles. The van der Waals surface area contributed by atoms with Gasteiger partial charge in [-0.1, -0.05) is 5.16 Å². The second kappa shape index (κ2) is 8.94. The van der Waals surface area contributed by atoms with Crippen LogP contribution in [0.5, 0.6) is 0 Å². The summed E-state index contributed by atoms with van der Waals surface area (Å²) in [6.45, 7) is 2.17. The zero-order chi connectivity index (χ0) is 21.3. The van der Waals surface area contributed by atoms with Gasteiger partial charge in [-0.15, -0.1) is 0 Å². The van der Waals surface area contributed by atoms with Gasteiger partial charge >= 0.3 is 0 Å². The van der Waals surface area contributed by atoms with Crippen LogP contribution in [-0.4, -0.2) is 86.3 Å². The molecule has 1 saturated carbocycles. The Balaban J connectivity index is 1.31.